The minimum Gasteiger partial charge on any atom is -0.369 e. The molecule has 0 spiro atoms. The number of hydrogen-bond acceptors (Lipinski definition) is 4. The van der Waals surface area contributed by atoms with Crippen LogP contribution in [0, 0.1) is 5.41 Å². The molecule has 0 amide bonds. The first-order valence-electron chi connectivity index (χ1n) is 7.03. The highest BCUT2D eigenvalue weighted by atomic mass is 79.9. The molecule has 2 N–H and O–H groups in total. The SMILES string of the molecule is CCNc1ncnc(NC2CCC(C)(C)CC2)c1Br. The van der Waals surface area contributed by atoms with Gasteiger partial charge in [-0.3, -0.25) is 0 Å². The van der Waals surface area contributed by atoms with Crippen molar-refractivity contribution < 1.29 is 0 Å². The van der Waals surface area contributed by atoms with E-state index in [1.807, 2.05) is 0 Å². The van der Waals surface area contributed by atoms with Gasteiger partial charge in [0.2, 0.25) is 0 Å². The van der Waals surface area contributed by atoms with Crippen LogP contribution in [0.3, 0.4) is 0 Å². The van der Waals surface area contributed by atoms with Gasteiger partial charge in [-0.2, -0.15) is 0 Å². The Morgan fingerprint density at radius 3 is 2.53 bits per heavy atom. The van der Waals surface area contributed by atoms with E-state index >= 15 is 0 Å². The molecule has 1 heterocycles. The average molecular weight is 327 g/mol. The monoisotopic (exact) mass is 326 g/mol. The first kappa shape index (κ1) is 14.6. The van der Waals surface area contributed by atoms with Crippen LogP contribution in [-0.2, 0) is 0 Å². The van der Waals surface area contributed by atoms with Gasteiger partial charge in [-0.1, -0.05) is 13.8 Å². The highest BCUT2D eigenvalue weighted by Gasteiger charge is 2.27. The van der Waals surface area contributed by atoms with Crippen LogP contribution in [0.15, 0.2) is 10.8 Å². The van der Waals surface area contributed by atoms with Crippen molar-refractivity contribution in [1.29, 1.82) is 0 Å². The molecule has 106 valence electrons. The van der Waals surface area contributed by atoms with Gasteiger partial charge in [-0.05, 0) is 54.0 Å². The van der Waals surface area contributed by atoms with Crippen LogP contribution in [0.5, 0.6) is 0 Å². The highest BCUT2D eigenvalue weighted by molar-refractivity contribution is 9.10. The van der Waals surface area contributed by atoms with E-state index in [-0.39, 0.29) is 0 Å². The van der Waals surface area contributed by atoms with Crippen LogP contribution >= 0.6 is 15.9 Å². The Kier molecular flexibility index (Phi) is 4.66. The van der Waals surface area contributed by atoms with Gasteiger partial charge >= 0.3 is 0 Å². The van der Waals surface area contributed by atoms with Crippen molar-refractivity contribution in [2.75, 3.05) is 17.2 Å². The number of nitrogens with zero attached hydrogens (tertiary/aromatic N) is 2. The number of halogens is 1. The van der Waals surface area contributed by atoms with Crippen molar-refractivity contribution in [3.8, 4) is 0 Å². The van der Waals surface area contributed by atoms with Gasteiger partial charge in [0.25, 0.3) is 0 Å². The molecule has 4 nitrogen and oxygen atoms in total. The van der Waals surface area contributed by atoms with Crippen LogP contribution in [0.2, 0.25) is 0 Å². The van der Waals surface area contributed by atoms with E-state index in [2.05, 4.69) is 57.3 Å². The summed E-state index contributed by atoms with van der Waals surface area (Å²) in [5.41, 5.74) is 0.496. The van der Waals surface area contributed by atoms with Gasteiger partial charge in [0.1, 0.15) is 22.4 Å². The third-order valence-electron chi connectivity index (χ3n) is 3.81. The topological polar surface area (TPSA) is 49.8 Å². The lowest BCUT2D eigenvalue weighted by atomic mass is 9.75. The number of aromatic nitrogens is 2. The molecule has 2 rings (SSSR count). The lowest BCUT2D eigenvalue weighted by Gasteiger charge is -2.35. The Labute approximate surface area is 123 Å². The minimum atomic E-state index is 0.496. The molecule has 0 radical (unpaired) electrons. The minimum absolute atomic E-state index is 0.496. The van der Waals surface area contributed by atoms with Gasteiger partial charge in [0, 0.05) is 12.6 Å². The molecule has 1 aromatic rings. The molecule has 1 aliphatic rings. The molecule has 0 unspecified atom stereocenters. The molecule has 1 saturated carbocycles. The summed E-state index contributed by atoms with van der Waals surface area (Å²) in [4.78, 5) is 8.58. The Morgan fingerprint density at radius 1 is 1.26 bits per heavy atom. The summed E-state index contributed by atoms with van der Waals surface area (Å²) in [7, 11) is 0. The van der Waals surface area contributed by atoms with E-state index in [1.165, 1.54) is 25.7 Å². The highest BCUT2D eigenvalue weighted by Crippen LogP contribution is 2.37. The number of nitrogens with one attached hydrogen (secondary N) is 2. The van der Waals surface area contributed by atoms with Gasteiger partial charge in [0.05, 0.1) is 0 Å². The zero-order chi connectivity index (χ0) is 13.9. The van der Waals surface area contributed by atoms with Crippen molar-refractivity contribution >= 4 is 27.6 Å². The molecule has 0 bridgehead atoms. The van der Waals surface area contributed by atoms with Crippen molar-refractivity contribution in [1.82, 2.24) is 9.97 Å². The van der Waals surface area contributed by atoms with Gasteiger partial charge in [-0.25, -0.2) is 9.97 Å². The Bertz CT molecular complexity index is 423. The third kappa shape index (κ3) is 3.81. The van der Waals surface area contributed by atoms with Gasteiger partial charge in [0.15, 0.2) is 0 Å². The molecule has 19 heavy (non-hydrogen) atoms. The van der Waals surface area contributed by atoms with E-state index in [4.69, 9.17) is 0 Å². The molecular formula is C14H23BrN4. The fourth-order valence-electron chi connectivity index (χ4n) is 2.50. The lowest BCUT2D eigenvalue weighted by molar-refractivity contribution is 0.232. The van der Waals surface area contributed by atoms with Gasteiger partial charge in [-0.15, -0.1) is 0 Å². The van der Waals surface area contributed by atoms with Crippen molar-refractivity contribution in [2.24, 2.45) is 5.41 Å². The van der Waals surface area contributed by atoms with E-state index in [1.54, 1.807) is 6.33 Å². The smallest absolute Gasteiger partial charge is 0.146 e. The Morgan fingerprint density at radius 2 is 1.89 bits per heavy atom. The standard InChI is InChI=1S/C14H23BrN4/c1-4-16-12-11(15)13(18-9-17-12)19-10-5-7-14(2,3)8-6-10/h9-10H,4-8H2,1-3H3,(H2,16,17,18,19). The summed E-state index contributed by atoms with van der Waals surface area (Å²) in [5, 5.41) is 6.78. The molecule has 0 atom stereocenters. The molecule has 1 aromatic heterocycles. The van der Waals surface area contributed by atoms with Crippen LogP contribution in [0.25, 0.3) is 0 Å². The molecule has 1 aliphatic carbocycles. The summed E-state index contributed by atoms with van der Waals surface area (Å²) in [5.74, 6) is 1.76. The second kappa shape index (κ2) is 6.07. The number of rotatable bonds is 4. The lowest BCUT2D eigenvalue weighted by Crippen LogP contribution is -2.30. The maximum atomic E-state index is 4.34. The van der Waals surface area contributed by atoms with Crippen molar-refractivity contribution in [3.63, 3.8) is 0 Å². The van der Waals surface area contributed by atoms with E-state index in [0.29, 0.717) is 11.5 Å². The second-order valence-corrected chi connectivity index (χ2v) is 6.79. The molecule has 0 saturated heterocycles. The van der Waals surface area contributed by atoms with E-state index in [0.717, 1.165) is 22.7 Å². The first-order chi connectivity index (χ1) is 9.02. The number of hydrogen-bond donors (Lipinski definition) is 2. The maximum Gasteiger partial charge on any atom is 0.146 e. The normalized spacial score (nSPS) is 19.2. The maximum absolute atomic E-state index is 4.34. The summed E-state index contributed by atoms with van der Waals surface area (Å²) >= 11 is 3.58. The van der Waals surface area contributed by atoms with Crippen LogP contribution in [0.4, 0.5) is 11.6 Å². The van der Waals surface area contributed by atoms with E-state index in [9.17, 15) is 0 Å². The molecule has 5 heteroatoms. The van der Waals surface area contributed by atoms with Crippen LogP contribution < -0.4 is 10.6 Å². The first-order valence-corrected chi connectivity index (χ1v) is 7.82. The second-order valence-electron chi connectivity index (χ2n) is 6.00. The zero-order valence-electron chi connectivity index (χ0n) is 12.0. The van der Waals surface area contributed by atoms with Crippen molar-refractivity contribution in [3.05, 3.63) is 10.8 Å². The Hall–Kier alpha value is -0.840. The fourth-order valence-corrected chi connectivity index (χ4v) is 2.96. The van der Waals surface area contributed by atoms with Crippen LogP contribution in [0.1, 0.15) is 46.5 Å². The van der Waals surface area contributed by atoms with Gasteiger partial charge < -0.3 is 10.6 Å². The molecule has 0 aromatic carbocycles. The summed E-state index contributed by atoms with van der Waals surface area (Å²) in [6, 6.07) is 0.522. The van der Waals surface area contributed by atoms with E-state index < -0.39 is 0 Å². The predicted molar refractivity (Wildman–Crippen MR) is 83.6 cm³/mol. The Balaban J connectivity index is 2.02. The average Bonchev–Trinajstić information content (AvgIpc) is 2.37. The summed E-state index contributed by atoms with van der Waals surface area (Å²) in [6.07, 6.45) is 6.57. The molecular weight excluding hydrogens is 304 g/mol. The van der Waals surface area contributed by atoms with Crippen LogP contribution in [-0.4, -0.2) is 22.6 Å². The summed E-state index contributed by atoms with van der Waals surface area (Å²) in [6.45, 7) is 7.62. The number of anilines is 2. The summed E-state index contributed by atoms with van der Waals surface area (Å²) < 4.78 is 0.932. The van der Waals surface area contributed by atoms with Crippen molar-refractivity contribution in [2.45, 2.75) is 52.5 Å². The largest absolute Gasteiger partial charge is 0.369 e. The fraction of sp³-hybridized carbons (Fsp3) is 0.714. The molecule has 1 fully saturated rings. The zero-order valence-corrected chi connectivity index (χ0v) is 13.5. The quantitative estimate of drug-likeness (QED) is 0.876. The third-order valence-corrected chi connectivity index (χ3v) is 4.56. The predicted octanol–water partition coefficient (Wildman–Crippen LogP) is 4.05. The molecule has 0 aliphatic heterocycles.